The van der Waals surface area contributed by atoms with E-state index < -0.39 is 0 Å². The molecular formula is C17H26N6. The number of nitrogens with zero attached hydrogens (tertiary/aromatic N) is 4. The first-order chi connectivity index (χ1) is 11.1. The maximum atomic E-state index is 4.67. The highest BCUT2D eigenvalue weighted by molar-refractivity contribution is 5.80. The van der Waals surface area contributed by atoms with Crippen LogP contribution < -0.4 is 10.6 Å². The van der Waals surface area contributed by atoms with Gasteiger partial charge in [0, 0.05) is 31.2 Å². The van der Waals surface area contributed by atoms with Crippen molar-refractivity contribution in [3.8, 4) is 5.82 Å². The number of aromatic nitrogens is 3. The zero-order valence-electron chi connectivity index (χ0n) is 14.3. The summed E-state index contributed by atoms with van der Waals surface area (Å²) in [6, 6.07) is 6.23. The Balaban J connectivity index is 2.08. The Hall–Kier alpha value is -2.37. The van der Waals surface area contributed by atoms with Crippen LogP contribution in [0, 0.1) is 5.92 Å². The molecule has 2 aromatic heterocycles. The Bertz CT molecular complexity index is 618. The van der Waals surface area contributed by atoms with E-state index in [0.717, 1.165) is 23.9 Å². The van der Waals surface area contributed by atoms with Gasteiger partial charge in [0.05, 0.1) is 6.54 Å². The summed E-state index contributed by atoms with van der Waals surface area (Å²) in [5.41, 5.74) is 1.10. The van der Waals surface area contributed by atoms with Gasteiger partial charge in [-0.15, -0.1) is 0 Å². The number of rotatable bonds is 6. The van der Waals surface area contributed by atoms with Gasteiger partial charge in [0.25, 0.3) is 0 Å². The smallest absolute Gasteiger partial charge is 0.191 e. The fraction of sp³-hybridized carbons (Fsp3) is 0.471. The van der Waals surface area contributed by atoms with E-state index in [1.54, 1.807) is 17.1 Å². The molecule has 2 N–H and O–H groups in total. The summed E-state index contributed by atoms with van der Waals surface area (Å²) >= 11 is 0. The molecule has 0 fully saturated rings. The fourth-order valence-corrected chi connectivity index (χ4v) is 1.96. The number of hydrogen-bond donors (Lipinski definition) is 2. The van der Waals surface area contributed by atoms with Crippen LogP contribution >= 0.6 is 0 Å². The average molecular weight is 314 g/mol. The molecule has 1 atom stereocenters. The summed E-state index contributed by atoms with van der Waals surface area (Å²) < 4.78 is 1.75. The van der Waals surface area contributed by atoms with E-state index in [1.165, 1.54) is 0 Å². The van der Waals surface area contributed by atoms with E-state index in [9.17, 15) is 0 Å². The molecule has 23 heavy (non-hydrogen) atoms. The highest BCUT2D eigenvalue weighted by Gasteiger charge is 2.08. The van der Waals surface area contributed by atoms with Crippen LogP contribution in [0.2, 0.25) is 0 Å². The Morgan fingerprint density at radius 1 is 1.30 bits per heavy atom. The molecule has 124 valence electrons. The second kappa shape index (κ2) is 8.31. The quantitative estimate of drug-likeness (QED) is 0.634. The Morgan fingerprint density at radius 3 is 2.78 bits per heavy atom. The van der Waals surface area contributed by atoms with Gasteiger partial charge >= 0.3 is 0 Å². The highest BCUT2D eigenvalue weighted by atomic mass is 15.3. The molecule has 2 aromatic rings. The van der Waals surface area contributed by atoms with Crippen LogP contribution in [-0.2, 0) is 6.54 Å². The molecule has 0 saturated heterocycles. The van der Waals surface area contributed by atoms with Crippen molar-refractivity contribution in [1.82, 2.24) is 25.4 Å². The van der Waals surface area contributed by atoms with Crippen molar-refractivity contribution in [3.63, 3.8) is 0 Å². The lowest BCUT2D eigenvalue weighted by Crippen LogP contribution is -2.44. The minimum atomic E-state index is 0.366. The summed E-state index contributed by atoms with van der Waals surface area (Å²) in [6.07, 6.45) is 5.41. The maximum Gasteiger partial charge on any atom is 0.191 e. The topological polar surface area (TPSA) is 67.1 Å². The first-order valence-electron chi connectivity index (χ1n) is 8.10. The van der Waals surface area contributed by atoms with Crippen LogP contribution in [-0.4, -0.2) is 33.3 Å². The van der Waals surface area contributed by atoms with Gasteiger partial charge in [-0.2, -0.15) is 5.10 Å². The molecule has 0 bridgehead atoms. The van der Waals surface area contributed by atoms with Crippen LogP contribution in [0.5, 0.6) is 0 Å². The van der Waals surface area contributed by atoms with E-state index >= 15 is 0 Å². The van der Waals surface area contributed by atoms with Gasteiger partial charge in [-0.25, -0.2) is 14.7 Å². The standard InChI is InChI=1S/C17H26N6/c1-5-18-17(22-14(4)13(2)3)20-12-15-7-9-19-16(11-15)23-10-6-8-21-23/h6-11,13-14H,5,12H2,1-4H3,(H2,18,20,22). The summed E-state index contributed by atoms with van der Waals surface area (Å²) in [6.45, 7) is 10.1. The third kappa shape index (κ3) is 5.09. The number of pyridine rings is 1. The zero-order valence-corrected chi connectivity index (χ0v) is 14.3. The van der Waals surface area contributed by atoms with Crippen molar-refractivity contribution in [1.29, 1.82) is 0 Å². The minimum absolute atomic E-state index is 0.366. The zero-order chi connectivity index (χ0) is 16.7. The predicted molar refractivity (Wildman–Crippen MR) is 93.6 cm³/mol. The molecular weight excluding hydrogens is 288 g/mol. The highest BCUT2D eigenvalue weighted by Crippen LogP contribution is 2.07. The lowest BCUT2D eigenvalue weighted by molar-refractivity contribution is 0.481. The summed E-state index contributed by atoms with van der Waals surface area (Å²) in [5, 5.41) is 10.9. The van der Waals surface area contributed by atoms with Crippen LogP contribution in [0.1, 0.15) is 33.3 Å². The third-order valence-corrected chi connectivity index (χ3v) is 3.68. The number of hydrogen-bond acceptors (Lipinski definition) is 3. The van der Waals surface area contributed by atoms with Gasteiger partial charge in [-0.05, 0) is 43.5 Å². The van der Waals surface area contributed by atoms with Gasteiger partial charge in [0.1, 0.15) is 0 Å². The van der Waals surface area contributed by atoms with E-state index in [4.69, 9.17) is 0 Å². The maximum absolute atomic E-state index is 4.67. The van der Waals surface area contributed by atoms with E-state index in [1.807, 2.05) is 24.4 Å². The molecule has 0 spiro atoms. The van der Waals surface area contributed by atoms with Gasteiger partial charge in [0.15, 0.2) is 11.8 Å². The molecule has 1 unspecified atom stereocenters. The van der Waals surface area contributed by atoms with Crippen LogP contribution in [0.25, 0.3) is 5.82 Å². The normalized spacial score (nSPS) is 13.2. The van der Waals surface area contributed by atoms with E-state index in [-0.39, 0.29) is 0 Å². The fourth-order valence-electron chi connectivity index (χ4n) is 1.96. The first kappa shape index (κ1) is 17.0. The van der Waals surface area contributed by atoms with Crippen molar-refractivity contribution < 1.29 is 0 Å². The largest absolute Gasteiger partial charge is 0.357 e. The summed E-state index contributed by atoms with van der Waals surface area (Å²) in [4.78, 5) is 9.00. The molecule has 0 aromatic carbocycles. The number of nitrogens with one attached hydrogen (secondary N) is 2. The average Bonchev–Trinajstić information content (AvgIpc) is 3.07. The van der Waals surface area contributed by atoms with Crippen LogP contribution in [0.15, 0.2) is 41.8 Å². The molecule has 0 radical (unpaired) electrons. The third-order valence-electron chi connectivity index (χ3n) is 3.68. The van der Waals surface area contributed by atoms with E-state index in [0.29, 0.717) is 18.5 Å². The number of guanidine groups is 1. The molecule has 2 heterocycles. The first-order valence-corrected chi connectivity index (χ1v) is 8.10. The summed E-state index contributed by atoms with van der Waals surface area (Å²) in [5.74, 6) is 2.19. The summed E-state index contributed by atoms with van der Waals surface area (Å²) in [7, 11) is 0. The van der Waals surface area contributed by atoms with Crippen molar-refractivity contribution in [3.05, 3.63) is 42.4 Å². The van der Waals surface area contributed by atoms with Gasteiger partial charge in [-0.3, -0.25) is 0 Å². The van der Waals surface area contributed by atoms with E-state index in [2.05, 4.69) is 53.4 Å². The predicted octanol–water partition coefficient (Wildman–Crippen LogP) is 2.37. The molecule has 0 aliphatic heterocycles. The second-order valence-electron chi connectivity index (χ2n) is 5.85. The van der Waals surface area contributed by atoms with Gasteiger partial charge < -0.3 is 10.6 Å². The Kier molecular flexibility index (Phi) is 6.14. The second-order valence-corrected chi connectivity index (χ2v) is 5.85. The van der Waals surface area contributed by atoms with Crippen molar-refractivity contribution >= 4 is 5.96 Å². The molecule has 6 heteroatoms. The Morgan fingerprint density at radius 2 is 2.13 bits per heavy atom. The van der Waals surface area contributed by atoms with Crippen LogP contribution in [0.4, 0.5) is 0 Å². The van der Waals surface area contributed by atoms with Crippen LogP contribution in [0.3, 0.4) is 0 Å². The molecule has 0 aliphatic carbocycles. The van der Waals surface area contributed by atoms with Crippen molar-refractivity contribution in [2.45, 2.75) is 40.3 Å². The molecule has 0 saturated carbocycles. The molecule has 6 nitrogen and oxygen atoms in total. The van der Waals surface area contributed by atoms with Gasteiger partial charge in [0.2, 0.25) is 0 Å². The monoisotopic (exact) mass is 314 g/mol. The molecule has 0 amide bonds. The lowest BCUT2D eigenvalue weighted by atomic mass is 10.1. The molecule has 0 aliphatic rings. The SMILES string of the molecule is CCNC(=NCc1ccnc(-n2cccn2)c1)NC(C)C(C)C. The Labute approximate surface area is 138 Å². The van der Waals surface area contributed by atoms with Crippen molar-refractivity contribution in [2.75, 3.05) is 6.54 Å². The molecule has 2 rings (SSSR count). The van der Waals surface area contributed by atoms with Gasteiger partial charge in [-0.1, -0.05) is 13.8 Å². The van der Waals surface area contributed by atoms with Crippen molar-refractivity contribution in [2.24, 2.45) is 10.9 Å². The lowest BCUT2D eigenvalue weighted by Gasteiger charge is -2.20. The number of aliphatic imine (C=N–C) groups is 1. The minimum Gasteiger partial charge on any atom is -0.357 e.